The fourth-order valence-corrected chi connectivity index (χ4v) is 4.87. The van der Waals surface area contributed by atoms with Gasteiger partial charge in [0.25, 0.3) is 5.56 Å². The molecule has 0 radical (unpaired) electrons. The number of piperidine rings is 1. The smallest absolute Gasteiger partial charge is 0.332 e. The average molecular weight is 521 g/mol. The van der Waals surface area contributed by atoms with E-state index in [2.05, 4.69) is 4.90 Å². The van der Waals surface area contributed by atoms with Gasteiger partial charge >= 0.3 is 5.69 Å². The van der Waals surface area contributed by atoms with Crippen molar-refractivity contribution in [3.63, 3.8) is 0 Å². The van der Waals surface area contributed by atoms with Gasteiger partial charge in [0.2, 0.25) is 5.95 Å². The SMILES string of the molecule is CC(C)=CCn1c(N2CCCC(N)C2)nc2c1c(=O)n(CC(=O)c1cccc(OCC3CC3)c1)c(=O)n2C. The summed E-state index contributed by atoms with van der Waals surface area (Å²) in [6.45, 7) is 6.06. The molecule has 1 aliphatic carbocycles. The van der Waals surface area contributed by atoms with E-state index in [0.717, 1.165) is 29.5 Å². The summed E-state index contributed by atoms with van der Waals surface area (Å²) in [6.07, 6.45) is 6.22. The van der Waals surface area contributed by atoms with E-state index in [0.29, 0.717) is 54.0 Å². The van der Waals surface area contributed by atoms with Gasteiger partial charge < -0.3 is 19.9 Å². The summed E-state index contributed by atoms with van der Waals surface area (Å²) in [5.41, 5.74) is 7.22. The van der Waals surface area contributed by atoms with Crippen molar-refractivity contribution in [1.82, 2.24) is 18.7 Å². The Kier molecular flexibility index (Phi) is 7.25. The standard InChI is InChI=1S/C28H36N6O4/c1-18(2)11-13-33-24-25(30-27(33)32-12-5-7-21(29)15-32)31(3)28(37)34(26(24)36)16-23(35)20-6-4-8-22(14-20)38-17-19-9-10-19/h4,6,8,11,14,19,21H,5,7,9-10,12-13,15-17,29H2,1-3H3. The van der Waals surface area contributed by atoms with E-state index in [1.165, 1.54) is 17.4 Å². The van der Waals surface area contributed by atoms with Crippen molar-refractivity contribution in [3.8, 4) is 5.75 Å². The van der Waals surface area contributed by atoms with Gasteiger partial charge in [0.05, 0.1) is 13.2 Å². The monoisotopic (exact) mass is 520 g/mol. The number of Topliss-reactive ketones (excluding diaryl/α,β-unsaturated/α-hetero) is 1. The quantitative estimate of drug-likeness (QED) is 0.340. The number of ketones is 1. The number of aromatic nitrogens is 4. The Labute approximate surface area is 221 Å². The molecule has 1 saturated heterocycles. The lowest BCUT2D eigenvalue weighted by molar-refractivity contribution is 0.0968. The van der Waals surface area contributed by atoms with Crippen LogP contribution in [0.1, 0.15) is 49.9 Å². The predicted octanol–water partition coefficient (Wildman–Crippen LogP) is 2.46. The second-order valence-electron chi connectivity index (χ2n) is 10.8. The topological polar surface area (TPSA) is 117 Å². The molecule has 202 valence electrons. The lowest BCUT2D eigenvalue weighted by Crippen LogP contribution is -2.44. The van der Waals surface area contributed by atoms with Crippen molar-refractivity contribution in [2.45, 2.75) is 58.7 Å². The molecule has 5 rings (SSSR count). The van der Waals surface area contributed by atoms with Gasteiger partial charge in [-0.2, -0.15) is 4.98 Å². The number of imidazole rings is 1. The molecule has 1 aliphatic heterocycles. The fraction of sp³-hybridized carbons (Fsp3) is 0.500. The molecule has 2 aliphatic rings. The number of nitrogens with zero attached hydrogens (tertiary/aromatic N) is 5. The van der Waals surface area contributed by atoms with Crippen LogP contribution in [0.15, 0.2) is 45.5 Å². The summed E-state index contributed by atoms with van der Waals surface area (Å²) in [5.74, 6) is 1.48. The first kappa shape index (κ1) is 26.0. The molecule has 38 heavy (non-hydrogen) atoms. The first-order chi connectivity index (χ1) is 18.2. The zero-order valence-electron chi connectivity index (χ0n) is 22.4. The molecule has 0 amide bonds. The molecule has 3 aromatic rings. The number of carbonyl (C=O) groups excluding carboxylic acids is 1. The number of anilines is 1. The number of aryl methyl sites for hydroxylation is 1. The highest BCUT2D eigenvalue weighted by Crippen LogP contribution is 2.29. The summed E-state index contributed by atoms with van der Waals surface area (Å²) in [6, 6.07) is 6.94. The molecule has 10 heteroatoms. The third-order valence-corrected chi connectivity index (χ3v) is 7.28. The maximum atomic E-state index is 13.8. The van der Waals surface area contributed by atoms with Gasteiger partial charge in [0.1, 0.15) is 5.75 Å². The fourth-order valence-electron chi connectivity index (χ4n) is 4.87. The Morgan fingerprint density at radius 3 is 2.68 bits per heavy atom. The second kappa shape index (κ2) is 10.6. The molecule has 1 unspecified atom stereocenters. The van der Waals surface area contributed by atoms with Crippen LogP contribution in [0.3, 0.4) is 0 Å². The number of hydrogen-bond acceptors (Lipinski definition) is 7. The number of benzene rings is 1. The van der Waals surface area contributed by atoms with E-state index in [9.17, 15) is 14.4 Å². The van der Waals surface area contributed by atoms with Crippen molar-refractivity contribution < 1.29 is 9.53 Å². The van der Waals surface area contributed by atoms with Crippen molar-refractivity contribution in [1.29, 1.82) is 0 Å². The van der Waals surface area contributed by atoms with Crippen molar-refractivity contribution in [2.24, 2.45) is 18.7 Å². The molecular formula is C28H36N6O4. The second-order valence-corrected chi connectivity index (χ2v) is 10.8. The maximum Gasteiger partial charge on any atom is 0.332 e. The zero-order valence-corrected chi connectivity index (χ0v) is 22.4. The molecule has 1 aromatic carbocycles. The van der Waals surface area contributed by atoms with E-state index >= 15 is 0 Å². The third-order valence-electron chi connectivity index (χ3n) is 7.28. The molecule has 0 bridgehead atoms. The molecular weight excluding hydrogens is 484 g/mol. The van der Waals surface area contributed by atoms with E-state index in [-0.39, 0.29) is 18.4 Å². The van der Waals surface area contributed by atoms with Gasteiger partial charge in [0.15, 0.2) is 16.9 Å². The molecule has 1 atom stereocenters. The van der Waals surface area contributed by atoms with Gasteiger partial charge in [-0.1, -0.05) is 23.8 Å². The van der Waals surface area contributed by atoms with Crippen LogP contribution in [0.5, 0.6) is 5.75 Å². The van der Waals surface area contributed by atoms with Crippen molar-refractivity contribution >= 4 is 22.9 Å². The lowest BCUT2D eigenvalue weighted by atomic mass is 10.1. The van der Waals surface area contributed by atoms with E-state index in [4.69, 9.17) is 15.5 Å². The van der Waals surface area contributed by atoms with Gasteiger partial charge in [-0.25, -0.2) is 4.79 Å². The Morgan fingerprint density at radius 1 is 1.18 bits per heavy atom. The molecule has 1 saturated carbocycles. The van der Waals surface area contributed by atoms with E-state index in [1.807, 2.05) is 30.6 Å². The highest BCUT2D eigenvalue weighted by Gasteiger charge is 2.27. The summed E-state index contributed by atoms with van der Waals surface area (Å²) in [7, 11) is 1.58. The van der Waals surface area contributed by atoms with Crippen LogP contribution in [0, 0.1) is 5.92 Å². The minimum Gasteiger partial charge on any atom is -0.493 e. The highest BCUT2D eigenvalue weighted by molar-refractivity contribution is 5.96. The summed E-state index contributed by atoms with van der Waals surface area (Å²) < 4.78 is 10.0. The molecule has 2 fully saturated rings. The van der Waals surface area contributed by atoms with Crippen LogP contribution in [-0.2, 0) is 20.1 Å². The van der Waals surface area contributed by atoms with Crippen LogP contribution in [0.2, 0.25) is 0 Å². The largest absolute Gasteiger partial charge is 0.493 e. The summed E-state index contributed by atoms with van der Waals surface area (Å²) >= 11 is 0. The Morgan fingerprint density at radius 2 is 1.97 bits per heavy atom. The zero-order chi connectivity index (χ0) is 27.0. The minimum absolute atomic E-state index is 0.0163. The molecule has 2 aromatic heterocycles. The predicted molar refractivity (Wildman–Crippen MR) is 147 cm³/mol. The number of carbonyl (C=O) groups is 1. The number of rotatable bonds is 9. The van der Waals surface area contributed by atoms with Gasteiger partial charge in [-0.3, -0.25) is 18.7 Å². The van der Waals surface area contributed by atoms with E-state index in [1.54, 1.807) is 25.2 Å². The van der Waals surface area contributed by atoms with Gasteiger partial charge in [-0.15, -0.1) is 0 Å². The average Bonchev–Trinajstić information content (AvgIpc) is 3.65. The van der Waals surface area contributed by atoms with Crippen LogP contribution >= 0.6 is 0 Å². The number of allylic oxidation sites excluding steroid dienone is 2. The normalized spacial score (nSPS) is 17.6. The maximum absolute atomic E-state index is 13.8. The first-order valence-corrected chi connectivity index (χ1v) is 13.3. The first-order valence-electron chi connectivity index (χ1n) is 13.3. The van der Waals surface area contributed by atoms with Crippen LogP contribution in [-0.4, -0.2) is 50.2 Å². The molecule has 10 nitrogen and oxygen atoms in total. The third kappa shape index (κ3) is 5.31. The molecule has 0 spiro atoms. The van der Waals surface area contributed by atoms with Crippen LogP contribution in [0.25, 0.3) is 11.2 Å². The summed E-state index contributed by atoms with van der Waals surface area (Å²) in [5, 5.41) is 0. The molecule has 3 heterocycles. The van der Waals surface area contributed by atoms with Crippen LogP contribution in [0.4, 0.5) is 5.95 Å². The molecule has 2 N–H and O–H groups in total. The van der Waals surface area contributed by atoms with Crippen molar-refractivity contribution in [3.05, 3.63) is 62.3 Å². The Balaban J connectivity index is 1.54. The Bertz CT molecular complexity index is 1510. The Hall–Kier alpha value is -3.66. The minimum atomic E-state index is -0.578. The summed E-state index contributed by atoms with van der Waals surface area (Å²) in [4.78, 5) is 47.2. The van der Waals surface area contributed by atoms with Crippen LogP contribution < -0.4 is 26.6 Å². The van der Waals surface area contributed by atoms with Gasteiger partial charge in [0, 0.05) is 38.3 Å². The number of fused-ring (bicyclic) bond motifs is 1. The number of hydrogen-bond donors (Lipinski definition) is 1. The van der Waals surface area contributed by atoms with Gasteiger partial charge in [-0.05, 0) is 57.6 Å². The van der Waals surface area contributed by atoms with E-state index < -0.39 is 11.2 Å². The lowest BCUT2D eigenvalue weighted by Gasteiger charge is -2.31. The number of nitrogens with two attached hydrogens (primary N) is 1. The number of ether oxygens (including phenoxy) is 1. The van der Waals surface area contributed by atoms with Crippen molar-refractivity contribution in [2.75, 3.05) is 24.6 Å². The highest BCUT2D eigenvalue weighted by atomic mass is 16.5.